The van der Waals surface area contributed by atoms with Crippen molar-refractivity contribution in [1.29, 1.82) is 0 Å². The number of hydrazone groups is 1. The van der Waals surface area contributed by atoms with Gasteiger partial charge in [-0.3, -0.25) is 9.63 Å². The second-order valence-corrected chi connectivity index (χ2v) is 12.3. The Kier molecular flexibility index (Phi) is 7.70. The Morgan fingerprint density at radius 2 is 1.61 bits per heavy atom. The number of carbonyl (C=O) groups is 3. The number of hydrogen-bond donors (Lipinski definition) is 0. The van der Waals surface area contributed by atoms with Gasteiger partial charge in [0.05, 0.1) is 7.11 Å². The Hall–Kier alpha value is -3.35. The van der Waals surface area contributed by atoms with Crippen LogP contribution in [0, 0.1) is 0 Å². The molecule has 1 atom stereocenters. The first-order chi connectivity index (χ1) is 16.2. The van der Waals surface area contributed by atoms with Gasteiger partial charge < -0.3 is 14.2 Å². The van der Waals surface area contributed by atoms with Gasteiger partial charge in [0.1, 0.15) is 27.6 Å². The lowest BCUT2D eigenvalue weighted by Crippen LogP contribution is -2.61. The zero-order valence-electron chi connectivity index (χ0n) is 22.2. The van der Waals surface area contributed by atoms with Crippen molar-refractivity contribution in [1.82, 2.24) is 10.1 Å². The van der Waals surface area contributed by atoms with Gasteiger partial charge in [0.2, 0.25) is 5.54 Å². The van der Waals surface area contributed by atoms with Crippen molar-refractivity contribution in [3.63, 3.8) is 0 Å². The predicted molar refractivity (Wildman–Crippen MR) is 129 cm³/mol. The summed E-state index contributed by atoms with van der Waals surface area (Å²) in [6.45, 7) is 10.9. The van der Waals surface area contributed by atoms with Gasteiger partial charge in [0, 0.05) is 18.9 Å². The largest absolute Gasteiger partial charge is 0.534 e. The Morgan fingerprint density at radius 3 is 2.08 bits per heavy atom. The monoisotopic (exact) mass is 527 g/mol. The van der Waals surface area contributed by atoms with Gasteiger partial charge in [0.15, 0.2) is 9.84 Å². The van der Waals surface area contributed by atoms with E-state index in [0.717, 1.165) is 11.3 Å². The molecule has 0 radical (unpaired) electrons. The van der Waals surface area contributed by atoms with Gasteiger partial charge in [-0.1, -0.05) is 6.07 Å². The standard InChI is InChI=1S/C23H33N3O9S/c1-21(2,3)33-19(28)26(35-20(29)34-22(4,5)6)23(7)17(24-25(8)18(23)27)14-11-12-16(36(10,30)31)15(13-14)32-9/h11-13H,1-10H3. The number of amides is 2. The van der Waals surface area contributed by atoms with E-state index in [1.807, 2.05) is 0 Å². The van der Waals surface area contributed by atoms with Gasteiger partial charge in [-0.05, 0) is 60.6 Å². The summed E-state index contributed by atoms with van der Waals surface area (Å²) >= 11 is 0. The first-order valence-corrected chi connectivity index (χ1v) is 12.8. The van der Waals surface area contributed by atoms with Gasteiger partial charge >= 0.3 is 12.2 Å². The fourth-order valence-corrected chi connectivity index (χ4v) is 4.13. The minimum absolute atomic E-state index is 0.000990. The van der Waals surface area contributed by atoms with Crippen LogP contribution in [0.4, 0.5) is 9.59 Å². The predicted octanol–water partition coefficient (Wildman–Crippen LogP) is 3.14. The van der Waals surface area contributed by atoms with Gasteiger partial charge in [0.25, 0.3) is 5.91 Å². The molecular formula is C23H33N3O9S. The normalized spacial score (nSPS) is 18.4. The molecule has 2 amide bonds. The van der Waals surface area contributed by atoms with Crippen LogP contribution in [0.25, 0.3) is 0 Å². The highest BCUT2D eigenvalue weighted by molar-refractivity contribution is 7.90. The summed E-state index contributed by atoms with van der Waals surface area (Å²) in [7, 11) is -0.984. The van der Waals surface area contributed by atoms with E-state index >= 15 is 0 Å². The lowest BCUT2D eigenvalue weighted by molar-refractivity contribution is -0.176. The molecule has 0 bridgehead atoms. The summed E-state index contributed by atoms with van der Waals surface area (Å²) in [6, 6.07) is 4.06. The van der Waals surface area contributed by atoms with E-state index < -0.39 is 44.7 Å². The lowest BCUT2D eigenvalue weighted by Gasteiger charge is -2.36. The zero-order chi connectivity index (χ0) is 27.9. The third kappa shape index (κ3) is 6.25. The summed E-state index contributed by atoms with van der Waals surface area (Å²) < 4.78 is 40.1. The highest BCUT2D eigenvalue weighted by Crippen LogP contribution is 2.34. The average Bonchev–Trinajstić information content (AvgIpc) is 2.93. The second-order valence-electron chi connectivity index (χ2n) is 10.3. The second kappa shape index (κ2) is 9.60. The van der Waals surface area contributed by atoms with Crippen molar-refractivity contribution < 1.29 is 41.8 Å². The van der Waals surface area contributed by atoms with Crippen LogP contribution in [0.1, 0.15) is 54.0 Å². The minimum atomic E-state index is -3.63. The van der Waals surface area contributed by atoms with Crippen molar-refractivity contribution in [2.24, 2.45) is 5.10 Å². The molecule has 1 aromatic rings. The SMILES string of the molecule is COc1cc(C2=NN(C)C(=O)C2(C)N(OC(=O)OC(C)(C)C)C(=O)OC(C)(C)C)ccc1S(C)(=O)=O. The smallest absolute Gasteiger partial charge is 0.495 e. The van der Waals surface area contributed by atoms with Crippen molar-refractivity contribution in [2.75, 3.05) is 20.4 Å². The molecule has 13 heteroatoms. The molecule has 0 fully saturated rings. The number of methoxy groups -OCH3 is 1. The number of hydroxylamine groups is 2. The number of likely N-dealkylation sites (N-methyl/N-ethyl adjacent to an activating group) is 1. The third-order valence-corrected chi connectivity index (χ3v) is 5.92. The number of carbonyl (C=O) groups excluding carboxylic acids is 3. The molecule has 0 saturated heterocycles. The molecule has 0 aliphatic carbocycles. The summed E-state index contributed by atoms with van der Waals surface area (Å²) in [5.74, 6) is -0.725. The maximum absolute atomic E-state index is 13.4. The Bertz CT molecular complexity index is 1200. The Balaban J connectivity index is 2.68. The van der Waals surface area contributed by atoms with Crippen LogP contribution < -0.4 is 4.74 Å². The number of sulfone groups is 1. The maximum atomic E-state index is 13.4. The van der Waals surface area contributed by atoms with E-state index in [1.54, 1.807) is 41.5 Å². The molecule has 1 aliphatic rings. The number of benzene rings is 1. The van der Waals surface area contributed by atoms with E-state index in [1.165, 1.54) is 39.3 Å². The molecule has 2 rings (SSSR count). The van der Waals surface area contributed by atoms with E-state index in [4.69, 9.17) is 19.0 Å². The Labute approximate surface area is 211 Å². The molecular weight excluding hydrogens is 494 g/mol. The van der Waals surface area contributed by atoms with Crippen LogP contribution in [0.15, 0.2) is 28.2 Å². The number of nitrogens with zero attached hydrogens (tertiary/aromatic N) is 3. The van der Waals surface area contributed by atoms with E-state index in [2.05, 4.69) is 5.10 Å². The summed E-state index contributed by atoms with van der Waals surface area (Å²) in [5, 5.41) is 5.71. The van der Waals surface area contributed by atoms with Crippen LogP contribution in [0.3, 0.4) is 0 Å². The van der Waals surface area contributed by atoms with Crippen molar-refractivity contribution in [3.05, 3.63) is 23.8 Å². The number of hydrogen-bond acceptors (Lipinski definition) is 10. The van der Waals surface area contributed by atoms with Crippen LogP contribution in [-0.2, 0) is 28.9 Å². The lowest BCUT2D eigenvalue weighted by atomic mass is 9.90. The minimum Gasteiger partial charge on any atom is -0.495 e. The summed E-state index contributed by atoms with van der Waals surface area (Å²) in [5.41, 5.74) is -3.76. The van der Waals surface area contributed by atoms with Crippen molar-refractivity contribution >= 4 is 33.7 Å². The topological polar surface area (TPSA) is 141 Å². The van der Waals surface area contributed by atoms with Crippen molar-refractivity contribution in [2.45, 2.75) is 70.1 Å². The number of ether oxygens (including phenoxy) is 3. The maximum Gasteiger partial charge on any atom is 0.534 e. The fraction of sp³-hybridized carbons (Fsp3) is 0.565. The molecule has 36 heavy (non-hydrogen) atoms. The molecule has 0 saturated carbocycles. The molecule has 1 heterocycles. The molecule has 1 unspecified atom stereocenters. The summed E-state index contributed by atoms with van der Waals surface area (Å²) in [4.78, 5) is 44.4. The van der Waals surface area contributed by atoms with Gasteiger partial charge in [-0.15, -0.1) is 5.06 Å². The molecule has 0 N–H and O–H groups in total. The summed E-state index contributed by atoms with van der Waals surface area (Å²) in [6.07, 6.45) is -1.37. The Morgan fingerprint density at radius 1 is 1.06 bits per heavy atom. The average molecular weight is 528 g/mol. The first-order valence-electron chi connectivity index (χ1n) is 10.9. The van der Waals surface area contributed by atoms with E-state index in [-0.39, 0.29) is 21.9 Å². The molecule has 0 spiro atoms. The molecule has 1 aliphatic heterocycles. The van der Waals surface area contributed by atoms with Crippen LogP contribution in [-0.4, -0.2) is 79.5 Å². The van der Waals surface area contributed by atoms with E-state index in [9.17, 15) is 22.8 Å². The van der Waals surface area contributed by atoms with Crippen molar-refractivity contribution in [3.8, 4) is 5.75 Å². The molecule has 0 aromatic heterocycles. The van der Waals surface area contributed by atoms with E-state index in [0.29, 0.717) is 5.06 Å². The van der Waals surface area contributed by atoms with Crippen LogP contribution >= 0.6 is 0 Å². The highest BCUT2D eigenvalue weighted by atomic mass is 32.2. The quantitative estimate of drug-likeness (QED) is 0.426. The third-order valence-electron chi connectivity index (χ3n) is 4.78. The molecule has 1 aromatic carbocycles. The van der Waals surface area contributed by atoms with Crippen LogP contribution in [0.2, 0.25) is 0 Å². The number of rotatable bonds is 4. The first kappa shape index (κ1) is 28.9. The van der Waals surface area contributed by atoms with Gasteiger partial charge in [-0.25, -0.2) is 23.0 Å². The zero-order valence-corrected chi connectivity index (χ0v) is 23.0. The fourth-order valence-electron chi connectivity index (χ4n) is 3.31. The molecule has 200 valence electrons. The van der Waals surface area contributed by atoms with Crippen LogP contribution in [0.5, 0.6) is 5.75 Å². The highest BCUT2D eigenvalue weighted by Gasteiger charge is 2.57. The molecule has 12 nitrogen and oxygen atoms in total. The van der Waals surface area contributed by atoms with Gasteiger partial charge in [-0.2, -0.15) is 5.10 Å².